The molecule has 2 aliphatic rings. The number of anilines is 1. The fourth-order valence-corrected chi connectivity index (χ4v) is 4.05. The van der Waals surface area contributed by atoms with Crippen molar-refractivity contribution < 1.29 is 0 Å². The van der Waals surface area contributed by atoms with E-state index in [9.17, 15) is 0 Å². The molecule has 3 rings (SSSR count). The minimum Gasteiger partial charge on any atom is -0.347 e. The molecule has 0 spiro atoms. The molecule has 1 saturated carbocycles. The Balaban J connectivity index is 1.76. The van der Waals surface area contributed by atoms with Crippen molar-refractivity contribution in [2.24, 2.45) is 11.8 Å². The van der Waals surface area contributed by atoms with Crippen molar-refractivity contribution in [1.29, 1.82) is 0 Å². The number of halogens is 1. The van der Waals surface area contributed by atoms with E-state index in [1.54, 1.807) is 11.3 Å². The lowest BCUT2D eigenvalue weighted by molar-refractivity contribution is 0.494. The third-order valence-corrected chi connectivity index (χ3v) is 5.07. The van der Waals surface area contributed by atoms with Crippen molar-refractivity contribution in [2.45, 2.75) is 19.3 Å². The maximum atomic E-state index is 4.48. The topological polar surface area (TPSA) is 16.1 Å². The molecule has 1 aliphatic heterocycles. The molecule has 2 atom stereocenters. The van der Waals surface area contributed by atoms with Crippen LogP contribution >= 0.6 is 27.3 Å². The molecule has 1 aromatic heterocycles. The molecule has 0 N–H and O–H groups in total. The van der Waals surface area contributed by atoms with E-state index in [2.05, 4.69) is 31.2 Å². The number of fused-ring (bicyclic) bond motifs is 1. The van der Waals surface area contributed by atoms with Gasteiger partial charge in [-0.05, 0) is 40.6 Å². The number of rotatable bonds is 1. The van der Waals surface area contributed by atoms with Crippen LogP contribution in [0.25, 0.3) is 0 Å². The first-order valence-corrected chi connectivity index (χ1v) is 6.86. The van der Waals surface area contributed by atoms with Crippen LogP contribution in [-0.2, 0) is 0 Å². The van der Waals surface area contributed by atoms with Gasteiger partial charge in [0.05, 0.1) is 0 Å². The predicted octanol–water partition coefficient (Wildman–Crippen LogP) is 3.14. The molecule has 1 aliphatic carbocycles. The van der Waals surface area contributed by atoms with Gasteiger partial charge in [-0.2, -0.15) is 0 Å². The van der Waals surface area contributed by atoms with Gasteiger partial charge in [0.25, 0.3) is 0 Å². The van der Waals surface area contributed by atoms with E-state index in [0.717, 1.165) is 16.4 Å². The van der Waals surface area contributed by atoms with Gasteiger partial charge in [-0.25, -0.2) is 4.98 Å². The van der Waals surface area contributed by atoms with E-state index in [4.69, 9.17) is 0 Å². The highest BCUT2D eigenvalue weighted by atomic mass is 79.9. The molecule has 2 heterocycles. The van der Waals surface area contributed by atoms with Gasteiger partial charge in [-0.15, -0.1) is 11.3 Å². The molecular weight excluding hydrogens is 260 g/mol. The molecule has 4 heteroatoms. The zero-order chi connectivity index (χ0) is 9.54. The monoisotopic (exact) mass is 272 g/mol. The highest BCUT2D eigenvalue weighted by Crippen LogP contribution is 2.40. The van der Waals surface area contributed by atoms with Gasteiger partial charge in [0.1, 0.15) is 4.60 Å². The summed E-state index contributed by atoms with van der Waals surface area (Å²) < 4.78 is 0.981. The van der Waals surface area contributed by atoms with Crippen LogP contribution in [0.4, 0.5) is 5.13 Å². The maximum Gasteiger partial charge on any atom is 0.186 e. The largest absolute Gasteiger partial charge is 0.347 e. The van der Waals surface area contributed by atoms with Gasteiger partial charge in [0.2, 0.25) is 0 Å². The first kappa shape index (κ1) is 9.16. The fraction of sp³-hybridized carbons (Fsp3) is 0.700. The standard InChI is InChI=1S/C10H13BrN2S/c11-9-6-14-10(12-9)13-4-7-2-1-3-8(7)5-13/h6-8H,1-5H2. The fourth-order valence-electron chi connectivity index (χ4n) is 2.78. The molecule has 0 radical (unpaired) electrons. The number of aromatic nitrogens is 1. The van der Waals surface area contributed by atoms with Crippen LogP contribution in [0.15, 0.2) is 9.98 Å². The SMILES string of the molecule is Brc1csc(N2CC3CCCC3C2)n1. The molecule has 14 heavy (non-hydrogen) atoms. The summed E-state index contributed by atoms with van der Waals surface area (Å²) in [5, 5.41) is 3.27. The van der Waals surface area contributed by atoms with Crippen molar-refractivity contribution in [3.05, 3.63) is 9.98 Å². The average molecular weight is 273 g/mol. The highest BCUT2D eigenvalue weighted by molar-refractivity contribution is 9.10. The van der Waals surface area contributed by atoms with E-state index >= 15 is 0 Å². The summed E-state index contributed by atoms with van der Waals surface area (Å²) in [6.45, 7) is 2.48. The lowest BCUT2D eigenvalue weighted by atomic mass is 10.0. The van der Waals surface area contributed by atoms with Crippen LogP contribution in [-0.4, -0.2) is 18.1 Å². The summed E-state index contributed by atoms with van der Waals surface area (Å²) in [5.41, 5.74) is 0. The summed E-state index contributed by atoms with van der Waals surface area (Å²) in [5.74, 6) is 1.91. The van der Waals surface area contributed by atoms with Crippen LogP contribution in [0, 0.1) is 11.8 Å². The highest BCUT2D eigenvalue weighted by Gasteiger charge is 2.36. The second kappa shape index (κ2) is 3.49. The van der Waals surface area contributed by atoms with Crippen LogP contribution in [0.3, 0.4) is 0 Å². The van der Waals surface area contributed by atoms with Crippen molar-refractivity contribution in [3.63, 3.8) is 0 Å². The van der Waals surface area contributed by atoms with Crippen molar-refractivity contribution in [2.75, 3.05) is 18.0 Å². The van der Waals surface area contributed by atoms with Gasteiger partial charge in [0.15, 0.2) is 5.13 Å². The van der Waals surface area contributed by atoms with Crippen LogP contribution in [0.5, 0.6) is 0 Å². The average Bonchev–Trinajstić information content (AvgIpc) is 2.75. The third kappa shape index (κ3) is 1.48. The zero-order valence-corrected chi connectivity index (χ0v) is 10.4. The molecule has 2 fully saturated rings. The molecule has 0 bridgehead atoms. The summed E-state index contributed by atoms with van der Waals surface area (Å²) in [6, 6.07) is 0. The number of nitrogens with zero attached hydrogens (tertiary/aromatic N) is 2. The summed E-state index contributed by atoms with van der Waals surface area (Å²) in [4.78, 5) is 6.94. The first-order valence-electron chi connectivity index (χ1n) is 5.19. The second-order valence-electron chi connectivity index (χ2n) is 4.31. The van der Waals surface area contributed by atoms with Gasteiger partial charge < -0.3 is 4.90 Å². The first-order chi connectivity index (χ1) is 6.83. The quantitative estimate of drug-likeness (QED) is 0.781. The summed E-state index contributed by atoms with van der Waals surface area (Å²) >= 11 is 5.17. The van der Waals surface area contributed by atoms with E-state index in [1.165, 1.54) is 37.5 Å². The zero-order valence-electron chi connectivity index (χ0n) is 7.95. The van der Waals surface area contributed by atoms with Crippen LogP contribution < -0.4 is 4.90 Å². The smallest absolute Gasteiger partial charge is 0.186 e. The Kier molecular flexibility index (Phi) is 2.28. The summed E-state index contributed by atoms with van der Waals surface area (Å²) in [6.07, 6.45) is 4.33. The van der Waals surface area contributed by atoms with Crippen LogP contribution in [0.1, 0.15) is 19.3 Å². The van der Waals surface area contributed by atoms with E-state index in [1.807, 2.05) is 0 Å². The van der Waals surface area contributed by atoms with Gasteiger partial charge in [0, 0.05) is 18.5 Å². The molecule has 2 unspecified atom stereocenters. The Morgan fingerprint density at radius 2 is 2.07 bits per heavy atom. The molecule has 0 aromatic carbocycles. The Labute approximate surface area is 96.5 Å². The molecule has 0 amide bonds. The number of thiazole rings is 1. The lowest BCUT2D eigenvalue weighted by Gasteiger charge is -2.14. The summed E-state index contributed by atoms with van der Waals surface area (Å²) in [7, 11) is 0. The van der Waals surface area contributed by atoms with E-state index in [-0.39, 0.29) is 0 Å². The predicted molar refractivity (Wildman–Crippen MR) is 62.9 cm³/mol. The third-order valence-electron chi connectivity index (χ3n) is 3.46. The Bertz CT molecular complexity index is 327. The minimum absolute atomic E-state index is 0.956. The van der Waals surface area contributed by atoms with E-state index < -0.39 is 0 Å². The molecule has 2 nitrogen and oxygen atoms in total. The van der Waals surface area contributed by atoms with Gasteiger partial charge in [-0.1, -0.05) is 6.42 Å². The second-order valence-corrected chi connectivity index (χ2v) is 5.96. The minimum atomic E-state index is 0.956. The number of hydrogen-bond acceptors (Lipinski definition) is 3. The van der Waals surface area contributed by atoms with Crippen molar-refractivity contribution in [3.8, 4) is 0 Å². The molecule has 1 saturated heterocycles. The lowest BCUT2D eigenvalue weighted by Crippen LogP contribution is -2.20. The van der Waals surface area contributed by atoms with Crippen molar-refractivity contribution >= 4 is 32.4 Å². The van der Waals surface area contributed by atoms with Gasteiger partial charge in [-0.3, -0.25) is 0 Å². The Morgan fingerprint density at radius 1 is 1.36 bits per heavy atom. The Morgan fingerprint density at radius 3 is 2.64 bits per heavy atom. The number of hydrogen-bond donors (Lipinski definition) is 0. The van der Waals surface area contributed by atoms with Crippen molar-refractivity contribution in [1.82, 2.24) is 4.98 Å². The van der Waals surface area contributed by atoms with Gasteiger partial charge >= 0.3 is 0 Å². The normalized spacial score (nSPS) is 31.1. The molecule has 76 valence electrons. The Hall–Kier alpha value is -0.0900. The van der Waals surface area contributed by atoms with E-state index in [0.29, 0.717) is 0 Å². The maximum absolute atomic E-state index is 4.48. The molecule has 1 aromatic rings. The molecular formula is C10H13BrN2S. The van der Waals surface area contributed by atoms with Crippen LogP contribution in [0.2, 0.25) is 0 Å².